The lowest BCUT2D eigenvalue weighted by Gasteiger charge is -2.09. The van der Waals surface area contributed by atoms with Crippen molar-refractivity contribution in [2.24, 2.45) is 0 Å². The maximum absolute atomic E-state index is 12.0. The highest BCUT2D eigenvalue weighted by Gasteiger charge is 2.19. The molecule has 0 radical (unpaired) electrons. The Balaban J connectivity index is 2.25. The summed E-state index contributed by atoms with van der Waals surface area (Å²) in [6, 6.07) is 7.79. The lowest BCUT2D eigenvalue weighted by Crippen LogP contribution is -2.14. The Labute approximate surface area is 122 Å². The van der Waals surface area contributed by atoms with Gasteiger partial charge >= 0.3 is 5.97 Å². The van der Waals surface area contributed by atoms with Crippen LogP contribution in [0.1, 0.15) is 33.5 Å². The number of thiophene rings is 1. The molecule has 0 aliphatic heterocycles. The number of hydrogen-bond donors (Lipinski definition) is 0. The molecular weight excluding hydrogens is 272 g/mol. The standard InChI is InChI=1S/C15H16N2O2S/c1-10-7-14(15(18)19-11(2)8-16)12(3)17(10)9-13-5-4-6-20-13/h4-7,11H,9H2,1-3H3/t11-/m0/s1. The monoisotopic (exact) mass is 288 g/mol. The van der Waals surface area contributed by atoms with Crippen LogP contribution in [-0.2, 0) is 11.3 Å². The fourth-order valence-electron chi connectivity index (χ4n) is 2.06. The molecule has 0 N–H and O–H groups in total. The molecule has 4 nitrogen and oxygen atoms in total. The maximum Gasteiger partial charge on any atom is 0.341 e. The Hall–Kier alpha value is -2.06. The highest BCUT2D eigenvalue weighted by atomic mass is 32.1. The van der Waals surface area contributed by atoms with Gasteiger partial charge in [-0.25, -0.2) is 4.79 Å². The smallest absolute Gasteiger partial charge is 0.341 e. The Morgan fingerprint density at radius 3 is 2.90 bits per heavy atom. The average Bonchev–Trinajstić information content (AvgIpc) is 3.02. The quantitative estimate of drug-likeness (QED) is 0.811. The highest BCUT2D eigenvalue weighted by molar-refractivity contribution is 7.09. The van der Waals surface area contributed by atoms with Crippen LogP contribution in [0.4, 0.5) is 0 Å². The number of carbonyl (C=O) groups is 1. The molecule has 0 amide bonds. The summed E-state index contributed by atoms with van der Waals surface area (Å²) in [6.45, 7) is 6.17. The number of rotatable bonds is 4. The molecule has 20 heavy (non-hydrogen) atoms. The van der Waals surface area contributed by atoms with Crippen LogP contribution in [0.2, 0.25) is 0 Å². The van der Waals surface area contributed by atoms with Crippen molar-refractivity contribution in [3.8, 4) is 6.07 Å². The second-order valence-corrected chi connectivity index (χ2v) is 5.66. The van der Waals surface area contributed by atoms with E-state index in [1.807, 2.05) is 37.4 Å². The summed E-state index contributed by atoms with van der Waals surface area (Å²) in [6.07, 6.45) is -0.733. The zero-order valence-electron chi connectivity index (χ0n) is 11.7. The molecule has 5 heteroatoms. The van der Waals surface area contributed by atoms with Gasteiger partial charge in [0, 0.05) is 16.3 Å². The van der Waals surface area contributed by atoms with Crippen LogP contribution in [0.25, 0.3) is 0 Å². The van der Waals surface area contributed by atoms with Crippen molar-refractivity contribution in [2.45, 2.75) is 33.4 Å². The van der Waals surface area contributed by atoms with E-state index in [9.17, 15) is 4.79 Å². The molecule has 0 saturated carbocycles. The van der Waals surface area contributed by atoms with Crippen molar-refractivity contribution < 1.29 is 9.53 Å². The molecule has 0 fully saturated rings. The van der Waals surface area contributed by atoms with Gasteiger partial charge in [-0.15, -0.1) is 11.3 Å². The van der Waals surface area contributed by atoms with Crippen LogP contribution in [0.3, 0.4) is 0 Å². The first-order valence-electron chi connectivity index (χ1n) is 6.32. The van der Waals surface area contributed by atoms with Crippen molar-refractivity contribution in [2.75, 3.05) is 0 Å². The fourth-order valence-corrected chi connectivity index (χ4v) is 2.75. The second kappa shape index (κ2) is 5.93. The summed E-state index contributed by atoms with van der Waals surface area (Å²) in [5, 5.41) is 10.7. The highest BCUT2D eigenvalue weighted by Crippen LogP contribution is 2.20. The summed E-state index contributed by atoms with van der Waals surface area (Å²) < 4.78 is 7.14. The number of nitriles is 1. The number of nitrogens with zero attached hydrogens (tertiary/aromatic N) is 2. The van der Waals surface area contributed by atoms with Gasteiger partial charge in [-0.2, -0.15) is 5.26 Å². The van der Waals surface area contributed by atoms with Gasteiger partial charge in [0.25, 0.3) is 0 Å². The van der Waals surface area contributed by atoms with Gasteiger partial charge < -0.3 is 9.30 Å². The predicted molar refractivity (Wildman–Crippen MR) is 77.8 cm³/mol. The lowest BCUT2D eigenvalue weighted by atomic mass is 10.2. The minimum atomic E-state index is -0.733. The third kappa shape index (κ3) is 2.91. The van der Waals surface area contributed by atoms with Crippen LogP contribution in [0.15, 0.2) is 23.6 Å². The van der Waals surface area contributed by atoms with Crippen LogP contribution >= 0.6 is 11.3 Å². The van der Waals surface area contributed by atoms with Gasteiger partial charge in [0.1, 0.15) is 6.07 Å². The van der Waals surface area contributed by atoms with Gasteiger partial charge in [0.15, 0.2) is 6.10 Å². The van der Waals surface area contributed by atoms with Gasteiger partial charge in [-0.1, -0.05) is 6.07 Å². The van der Waals surface area contributed by atoms with E-state index in [-0.39, 0.29) is 0 Å². The van der Waals surface area contributed by atoms with Crippen molar-refractivity contribution >= 4 is 17.3 Å². The molecule has 2 heterocycles. The number of aromatic nitrogens is 1. The van der Waals surface area contributed by atoms with Gasteiger partial charge in [-0.3, -0.25) is 0 Å². The topological polar surface area (TPSA) is 55.0 Å². The number of aryl methyl sites for hydroxylation is 1. The minimum Gasteiger partial charge on any atom is -0.444 e. The largest absolute Gasteiger partial charge is 0.444 e. The number of carbonyl (C=O) groups excluding carboxylic acids is 1. The third-order valence-electron chi connectivity index (χ3n) is 3.15. The average molecular weight is 288 g/mol. The number of hydrogen-bond acceptors (Lipinski definition) is 4. The van der Waals surface area contributed by atoms with Gasteiger partial charge in [0.05, 0.1) is 12.1 Å². The molecule has 0 unspecified atom stereocenters. The first-order chi connectivity index (χ1) is 9.52. The lowest BCUT2D eigenvalue weighted by molar-refractivity contribution is 0.0434. The van der Waals surface area contributed by atoms with E-state index in [2.05, 4.69) is 10.6 Å². The third-order valence-corrected chi connectivity index (χ3v) is 4.01. The Morgan fingerprint density at radius 1 is 1.55 bits per heavy atom. The van der Waals surface area contributed by atoms with E-state index in [0.29, 0.717) is 5.56 Å². The molecule has 0 saturated heterocycles. The summed E-state index contributed by atoms with van der Waals surface area (Å²) in [4.78, 5) is 13.3. The fraction of sp³-hybridized carbons (Fsp3) is 0.333. The molecule has 0 aromatic carbocycles. The van der Waals surface area contributed by atoms with Gasteiger partial charge in [0.2, 0.25) is 0 Å². The SMILES string of the molecule is Cc1cc(C(=O)O[C@@H](C)C#N)c(C)n1Cc1cccs1. The minimum absolute atomic E-state index is 0.440. The Kier molecular flexibility index (Phi) is 4.26. The normalized spacial score (nSPS) is 11.9. The first kappa shape index (κ1) is 14.4. The summed E-state index contributed by atoms with van der Waals surface area (Å²) in [5.41, 5.74) is 2.40. The molecular formula is C15H16N2O2S. The molecule has 2 aromatic rings. The van der Waals surface area contributed by atoms with Crippen LogP contribution < -0.4 is 0 Å². The van der Waals surface area contributed by atoms with E-state index in [1.54, 1.807) is 18.3 Å². The summed E-state index contributed by atoms with van der Waals surface area (Å²) in [7, 11) is 0. The molecule has 2 aromatic heterocycles. The van der Waals surface area contributed by atoms with E-state index in [1.165, 1.54) is 4.88 Å². The molecule has 0 bridgehead atoms. The summed E-state index contributed by atoms with van der Waals surface area (Å²) in [5.74, 6) is -0.440. The zero-order chi connectivity index (χ0) is 14.7. The predicted octanol–water partition coefficient (Wildman–Crippen LogP) is 3.28. The van der Waals surface area contributed by atoms with Crippen LogP contribution in [0, 0.1) is 25.2 Å². The second-order valence-electron chi connectivity index (χ2n) is 4.63. The van der Waals surface area contributed by atoms with E-state index in [0.717, 1.165) is 17.9 Å². The first-order valence-corrected chi connectivity index (χ1v) is 7.20. The molecule has 2 rings (SSSR count). The van der Waals surface area contributed by atoms with E-state index < -0.39 is 12.1 Å². The summed E-state index contributed by atoms with van der Waals surface area (Å²) >= 11 is 1.69. The van der Waals surface area contributed by atoms with Crippen LogP contribution in [0.5, 0.6) is 0 Å². The van der Waals surface area contributed by atoms with Gasteiger partial charge in [-0.05, 0) is 38.3 Å². The number of ether oxygens (including phenoxy) is 1. The van der Waals surface area contributed by atoms with Crippen LogP contribution in [-0.4, -0.2) is 16.6 Å². The molecule has 0 spiro atoms. The van der Waals surface area contributed by atoms with Crippen molar-refractivity contribution in [3.05, 3.63) is 45.4 Å². The maximum atomic E-state index is 12.0. The van der Waals surface area contributed by atoms with Crippen molar-refractivity contribution in [1.82, 2.24) is 4.57 Å². The molecule has 0 aliphatic rings. The number of esters is 1. The zero-order valence-corrected chi connectivity index (χ0v) is 12.5. The van der Waals surface area contributed by atoms with Crippen molar-refractivity contribution in [3.63, 3.8) is 0 Å². The van der Waals surface area contributed by atoms with E-state index in [4.69, 9.17) is 10.00 Å². The van der Waals surface area contributed by atoms with Crippen molar-refractivity contribution in [1.29, 1.82) is 5.26 Å². The molecule has 1 atom stereocenters. The Morgan fingerprint density at radius 2 is 2.30 bits per heavy atom. The molecule has 104 valence electrons. The molecule has 0 aliphatic carbocycles. The van der Waals surface area contributed by atoms with E-state index >= 15 is 0 Å². The Bertz CT molecular complexity index is 650.